The third-order valence-electron chi connectivity index (χ3n) is 3.10. The van der Waals surface area contributed by atoms with Gasteiger partial charge in [-0.15, -0.1) is 0 Å². The van der Waals surface area contributed by atoms with Crippen molar-refractivity contribution in [3.05, 3.63) is 24.0 Å². The molecule has 0 aliphatic heterocycles. The van der Waals surface area contributed by atoms with Gasteiger partial charge in [-0.2, -0.15) is 4.98 Å². The van der Waals surface area contributed by atoms with Gasteiger partial charge in [0.05, 0.1) is 5.54 Å². The fraction of sp³-hybridized carbons (Fsp3) is 0.455. The molecule has 88 valence electrons. The van der Waals surface area contributed by atoms with Crippen LogP contribution < -0.4 is 5.73 Å². The molecule has 0 amide bonds. The lowest BCUT2D eigenvalue weighted by molar-refractivity contribution is 0.181. The molecule has 0 unspecified atom stereocenters. The quantitative estimate of drug-likeness (QED) is 0.834. The molecule has 0 spiro atoms. The second kappa shape index (κ2) is 3.59. The van der Waals surface area contributed by atoms with Gasteiger partial charge in [0, 0.05) is 6.20 Å². The van der Waals surface area contributed by atoms with Crippen LogP contribution in [0.2, 0.25) is 0 Å². The summed E-state index contributed by atoms with van der Waals surface area (Å²) in [5, 5.41) is 3.92. The second-order valence-electron chi connectivity index (χ2n) is 4.42. The summed E-state index contributed by atoms with van der Waals surface area (Å²) in [6.45, 7) is 1.82. The first-order valence-electron chi connectivity index (χ1n) is 5.60. The summed E-state index contributed by atoms with van der Waals surface area (Å²) < 4.78 is 5.22. The lowest BCUT2D eigenvalue weighted by Gasteiger charge is -2.33. The fourth-order valence-corrected chi connectivity index (χ4v) is 1.88. The first-order chi connectivity index (χ1) is 8.17. The standard InChI is InChI=1S/C11H13N5O/c1-7-13-6-3-8(14-7)9-15-10(17-16-9)11(12)4-2-5-11/h3,6H,2,4-5,12H2,1H3. The number of aromatic nitrogens is 4. The SMILES string of the molecule is Cc1nccc(-c2noc(C3(N)CCC3)n2)n1. The predicted octanol–water partition coefficient (Wildman–Crippen LogP) is 1.17. The minimum absolute atomic E-state index is 0.423. The van der Waals surface area contributed by atoms with E-state index in [1.807, 2.05) is 6.92 Å². The summed E-state index contributed by atoms with van der Waals surface area (Å²) in [5.74, 6) is 1.66. The molecule has 1 saturated carbocycles. The zero-order valence-electron chi connectivity index (χ0n) is 9.55. The topological polar surface area (TPSA) is 90.7 Å². The normalized spacial score (nSPS) is 17.8. The smallest absolute Gasteiger partial charge is 0.247 e. The highest BCUT2D eigenvalue weighted by Crippen LogP contribution is 2.38. The van der Waals surface area contributed by atoms with Crippen LogP contribution in [0.3, 0.4) is 0 Å². The molecule has 2 heterocycles. The number of hydrogen-bond acceptors (Lipinski definition) is 6. The van der Waals surface area contributed by atoms with E-state index in [1.165, 1.54) is 0 Å². The maximum atomic E-state index is 6.12. The van der Waals surface area contributed by atoms with Gasteiger partial charge in [0.15, 0.2) is 0 Å². The van der Waals surface area contributed by atoms with Crippen molar-refractivity contribution in [2.45, 2.75) is 31.7 Å². The Morgan fingerprint density at radius 3 is 2.82 bits per heavy atom. The maximum Gasteiger partial charge on any atom is 0.247 e. The molecule has 6 heteroatoms. The summed E-state index contributed by atoms with van der Waals surface area (Å²) in [4.78, 5) is 12.6. The number of nitrogens with two attached hydrogens (primary N) is 1. The number of hydrogen-bond donors (Lipinski definition) is 1. The van der Waals surface area contributed by atoms with Crippen molar-refractivity contribution >= 4 is 0 Å². The van der Waals surface area contributed by atoms with E-state index in [9.17, 15) is 0 Å². The van der Waals surface area contributed by atoms with Crippen molar-refractivity contribution in [3.63, 3.8) is 0 Å². The Kier molecular flexibility index (Phi) is 2.19. The van der Waals surface area contributed by atoms with Gasteiger partial charge < -0.3 is 10.3 Å². The van der Waals surface area contributed by atoms with Crippen LogP contribution in [0.25, 0.3) is 11.5 Å². The number of aryl methyl sites for hydroxylation is 1. The van der Waals surface area contributed by atoms with Crippen molar-refractivity contribution in [1.82, 2.24) is 20.1 Å². The average Bonchev–Trinajstić information content (AvgIpc) is 2.75. The van der Waals surface area contributed by atoms with E-state index in [2.05, 4.69) is 20.1 Å². The molecular formula is C11H13N5O. The molecule has 0 radical (unpaired) electrons. The summed E-state index contributed by atoms with van der Waals surface area (Å²) in [7, 11) is 0. The molecule has 1 fully saturated rings. The first-order valence-corrected chi connectivity index (χ1v) is 5.60. The molecule has 2 aromatic rings. The van der Waals surface area contributed by atoms with Gasteiger partial charge in [0.25, 0.3) is 0 Å². The minimum atomic E-state index is -0.423. The van der Waals surface area contributed by atoms with Crippen LogP contribution in [-0.2, 0) is 5.54 Å². The fourth-order valence-electron chi connectivity index (χ4n) is 1.88. The second-order valence-corrected chi connectivity index (χ2v) is 4.42. The molecule has 0 atom stereocenters. The highest BCUT2D eigenvalue weighted by atomic mass is 16.5. The summed E-state index contributed by atoms with van der Waals surface area (Å²) in [6.07, 6.45) is 4.59. The van der Waals surface area contributed by atoms with Crippen molar-refractivity contribution in [3.8, 4) is 11.5 Å². The van der Waals surface area contributed by atoms with Gasteiger partial charge >= 0.3 is 0 Å². The first kappa shape index (κ1) is 10.3. The molecule has 1 aliphatic rings. The summed E-state index contributed by atoms with van der Waals surface area (Å²) >= 11 is 0. The van der Waals surface area contributed by atoms with Gasteiger partial charge in [0.1, 0.15) is 11.5 Å². The Labute approximate surface area is 98.3 Å². The number of rotatable bonds is 2. The molecule has 0 aromatic carbocycles. The Hall–Kier alpha value is -1.82. The maximum absolute atomic E-state index is 6.12. The molecular weight excluding hydrogens is 218 g/mol. The lowest BCUT2D eigenvalue weighted by Crippen LogP contribution is -2.43. The van der Waals surface area contributed by atoms with Crippen LogP contribution in [-0.4, -0.2) is 20.1 Å². The van der Waals surface area contributed by atoms with Crippen molar-refractivity contribution in [1.29, 1.82) is 0 Å². The van der Waals surface area contributed by atoms with Crippen LogP contribution in [0, 0.1) is 6.92 Å². The van der Waals surface area contributed by atoms with Gasteiger partial charge in [-0.3, -0.25) is 0 Å². The van der Waals surface area contributed by atoms with Crippen LogP contribution >= 0.6 is 0 Å². The van der Waals surface area contributed by atoms with Gasteiger partial charge in [0.2, 0.25) is 11.7 Å². The summed E-state index contributed by atoms with van der Waals surface area (Å²) in [5.41, 5.74) is 6.36. The van der Waals surface area contributed by atoms with Gasteiger partial charge in [-0.25, -0.2) is 9.97 Å². The monoisotopic (exact) mass is 231 g/mol. The molecule has 1 aliphatic carbocycles. The third kappa shape index (κ3) is 1.70. The van der Waals surface area contributed by atoms with Crippen LogP contribution in [0.5, 0.6) is 0 Å². The van der Waals surface area contributed by atoms with Crippen molar-refractivity contribution in [2.24, 2.45) is 5.73 Å². The zero-order valence-corrected chi connectivity index (χ0v) is 9.55. The van der Waals surface area contributed by atoms with E-state index < -0.39 is 5.54 Å². The largest absolute Gasteiger partial charge is 0.337 e. The highest BCUT2D eigenvalue weighted by molar-refractivity contribution is 5.47. The van der Waals surface area contributed by atoms with Gasteiger partial charge in [-0.05, 0) is 32.3 Å². The van der Waals surface area contributed by atoms with Gasteiger partial charge in [-0.1, -0.05) is 5.16 Å². The van der Waals surface area contributed by atoms with Crippen LogP contribution in [0.1, 0.15) is 31.0 Å². The Morgan fingerprint density at radius 2 is 2.18 bits per heavy atom. The molecule has 2 aromatic heterocycles. The number of nitrogens with zero attached hydrogens (tertiary/aromatic N) is 4. The highest BCUT2D eigenvalue weighted by Gasteiger charge is 2.40. The zero-order chi connectivity index (χ0) is 11.9. The molecule has 17 heavy (non-hydrogen) atoms. The Bertz CT molecular complexity index is 546. The van der Waals surface area contributed by atoms with E-state index in [0.29, 0.717) is 23.2 Å². The van der Waals surface area contributed by atoms with E-state index in [-0.39, 0.29) is 0 Å². The van der Waals surface area contributed by atoms with Crippen molar-refractivity contribution in [2.75, 3.05) is 0 Å². The Balaban J connectivity index is 1.95. The molecule has 6 nitrogen and oxygen atoms in total. The third-order valence-corrected chi connectivity index (χ3v) is 3.10. The summed E-state index contributed by atoms with van der Waals surface area (Å²) in [6, 6.07) is 1.76. The van der Waals surface area contributed by atoms with Crippen molar-refractivity contribution < 1.29 is 4.52 Å². The van der Waals surface area contributed by atoms with E-state index in [4.69, 9.17) is 10.3 Å². The molecule has 2 N–H and O–H groups in total. The predicted molar refractivity (Wildman–Crippen MR) is 59.8 cm³/mol. The molecule has 0 saturated heterocycles. The lowest BCUT2D eigenvalue weighted by atomic mass is 9.78. The van der Waals surface area contributed by atoms with Crippen LogP contribution in [0.4, 0.5) is 0 Å². The Morgan fingerprint density at radius 1 is 1.35 bits per heavy atom. The molecule has 0 bridgehead atoms. The van der Waals surface area contributed by atoms with E-state index in [0.717, 1.165) is 19.3 Å². The average molecular weight is 231 g/mol. The van der Waals surface area contributed by atoms with Crippen LogP contribution in [0.15, 0.2) is 16.8 Å². The minimum Gasteiger partial charge on any atom is -0.337 e. The van der Waals surface area contributed by atoms with E-state index in [1.54, 1.807) is 12.3 Å². The van der Waals surface area contributed by atoms with E-state index >= 15 is 0 Å². The molecule has 3 rings (SSSR count).